The maximum Gasteiger partial charge on any atom is 0.407 e. The Balaban J connectivity index is 1.81. The van der Waals surface area contributed by atoms with Crippen molar-refractivity contribution in [3.8, 4) is 0 Å². The van der Waals surface area contributed by atoms with Gasteiger partial charge in [-0.3, -0.25) is 4.79 Å². The Morgan fingerprint density at radius 1 is 0.925 bits per heavy atom. The number of aliphatic hydroxyl groups excluding tert-OH is 1. The second-order valence-corrected chi connectivity index (χ2v) is 14.1. The molecule has 15 heteroatoms. The normalized spacial score (nSPS) is 27.3. The van der Waals surface area contributed by atoms with E-state index < -0.39 is 77.8 Å². The number of carboxylic acid groups (broad SMARTS) is 3. The molecule has 296 valence electrons. The van der Waals surface area contributed by atoms with Gasteiger partial charge in [-0.15, -0.1) is 0 Å². The maximum absolute atomic E-state index is 13.0. The summed E-state index contributed by atoms with van der Waals surface area (Å²) in [6, 6.07) is 9.31. The van der Waals surface area contributed by atoms with Crippen molar-refractivity contribution in [3.05, 3.63) is 48.0 Å². The van der Waals surface area contributed by atoms with E-state index in [2.05, 4.69) is 18.8 Å². The maximum atomic E-state index is 13.0. The van der Waals surface area contributed by atoms with E-state index in [0.29, 0.717) is 12.8 Å². The fourth-order valence-electron chi connectivity index (χ4n) is 7.26. The molecule has 2 aliphatic heterocycles. The number of hydrogen-bond donors (Lipinski definition) is 6. The molecule has 6 N–H and O–H groups in total. The number of fused-ring (bicyclic) bond motifs is 2. The minimum atomic E-state index is -3.89. The number of benzene rings is 1. The summed E-state index contributed by atoms with van der Waals surface area (Å²) >= 11 is 0. The second kappa shape index (κ2) is 19.3. The lowest BCUT2D eigenvalue weighted by atomic mass is 9.74. The zero-order valence-corrected chi connectivity index (χ0v) is 30.8. The monoisotopic (exact) mass is 749 g/mol. The number of carbonyl (C=O) groups is 5. The number of carboxylic acids is 3. The number of carbonyl (C=O) groups excluding carboxylic acids is 2. The first-order valence-corrected chi connectivity index (χ1v) is 18.4. The third kappa shape index (κ3) is 9.93. The molecule has 2 aliphatic rings. The Labute approximate surface area is 309 Å². The van der Waals surface area contributed by atoms with Gasteiger partial charge in [-0.1, -0.05) is 109 Å². The van der Waals surface area contributed by atoms with Crippen LogP contribution in [0.5, 0.6) is 0 Å². The van der Waals surface area contributed by atoms with Gasteiger partial charge in [-0.05, 0) is 30.4 Å². The summed E-state index contributed by atoms with van der Waals surface area (Å²) in [5.41, 5.74) is -6.26. The molecule has 0 unspecified atom stereocenters. The topological polar surface area (TPSA) is 235 Å². The Bertz CT molecular complexity index is 1440. The number of amides is 1. The standard InChI is InChI=1S/C38H55NO14/c1-5-6-7-8-9-10-11-12-13-17-22-39-35(48)51-30-29(41)36(52-31(32(42)43)37(49,33(44)45)38(30,53-36)34(46)47)21-20-24(2)28(50-26(4)40)25(3)23-27-18-15-14-16-19-27/h14-16,18-19,25,28-31,41,49H,2,5-13,17,20-23H2,1,3-4H3,(H,39,48)(H,42,43)(H,44,45)(H,46,47)/t25-,28-,29-,30-,31-,36+,37-,38+/m1/s1. The number of hydrogen-bond acceptors (Lipinski definition) is 11. The number of esters is 1. The molecule has 2 heterocycles. The summed E-state index contributed by atoms with van der Waals surface area (Å²) < 4.78 is 22.1. The predicted molar refractivity (Wildman–Crippen MR) is 189 cm³/mol. The van der Waals surface area contributed by atoms with Gasteiger partial charge in [0.05, 0.1) is 0 Å². The number of alkyl carbamates (subject to hydrolysis) is 1. The Morgan fingerprint density at radius 3 is 2.04 bits per heavy atom. The zero-order valence-electron chi connectivity index (χ0n) is 30.8. The van der Waals surface area contributed by atoms with Crippen LogP contribution in [0.15, 0.2) is 42.5 Å². The minimum Gasteiger partial charge on any atom is -0.479 e. The summed E-state index contributed by atoms with van der Waals surface area (Å²) in [6.07, 6.45) is 0.262. The molecule has 3 rings (SSSR count). The first-order valence-electron chi connectivity index (χ1n) is 18.4. The molecule has 0 aliphatic carbocycles. The van der Waals surface area contributed by atoms with Crippen LogP contribution in [-0.4, -0.2) is 103 Å². The van der Waals surface area contributed by atoms with E-state index in [0.717, 1.165) is 37.7 Å². The molecule has 2 bridgehead atoms. The van der Waals surface area contributed by atoms with Crippen LogP contribution in [0, 0.1) is 5.92 Å². The van der Waals surface area contributed by atoms with Crippen LogP contribution in [0.2, 0.25) is 0 Å². The average molecular weight is 750 g/mol. The highest BCUT2D eigenvalue weighted by atomic mass is 16.8. The Hall–Kier alpha value is -4.05. The summed E-state index contributed by atoms with van der Waals surface area (Å²) in [7, 11) is 0. The number of aliphatic carboxylic acids is 3. The van der Waals surface area contributed by atoms with Crippen molar-refractivity contribution in [3.63, 3.8) is 0 Å². The van der Waals surface area contributed by atoms with E-state index in [1.807, 2.05) is 37.3 Å². The number of unbranched alkanes of at least 4 members (excludes halogenated alkanes) is 9. The van der Waals surface area contributed by atoms with Crippen molar-refractivity contribution in [2.24, 2.45) is 5.92 Å². The molecule has 53 heavy (non-hydrogen) atoms. The van der Waals surface area contributed by atoms with Crippen molar-refractivity contribution in [1.29, 1.82) is 0 Å². The Morgan fingerprint density at radius 2 is 1.51 bits per heavy atom. The van der Waals surface area contributed by atoms with Gasteiger partial charge < -0.3 is 49.8 Å². The predicted octanol–water partition coefficient (Wildman–Crippen LogP) is 4.36. The fraction of sp³-hybridized carbons (Fsp3) is 0.658. The van der Waals surface area contributed by atoms with Crippen molar-refractivity contribution in [2.45, 2.75) is 146 Å². The molecular formula is C38H55NO14. The van der Waals surface area contributed by atoms with Crippen molar-refractivity contribution in [2.75, 3.05) is 6.54 Å². The van der Waals surface area contributed by atoms with E-state index in [9.17, 15) is 49.5 Å². The molecule has 1 aromatic rings. The quantitative estimate of drug-likeness (QED) is 0.0518. The lowest BCUT2D eigenvalue weighted by Gasteiger charge is -2.48. The summed E-state index contributed by atoms with van der Waals surface area (Å²) in [5.74, 6) is -10.3. The minimum absolute atomic E-state index is 0.0974. The lowest BCUT2D eigenvalue weighted by Crippen LogP contribution is -2.78. The SMILES string of the molecule is C=C(CC[C@]12O[C@H](C(=O)O)[C@@](O)(C(=O)O)[C@](C(=O)O)(O1)[C@H](OC(=O)NCCCCCCCCCCCC)[C@H]2O)[C@@H](OC(C)=O)[C@H](C)Cc1ccccc1. The van der Waals surface area contributed by atoms with Gasteiger partial charge >= 0.3 is 30.0 Å². The van der Waals surface area contributed by atoms with E-state index in [1.165, 1.54) is 32.6 Å². The van der Waals surface area contributed by atoms with Crippen LogP contribution >= 0.6 is 0 Å². The summed E-state index contributed by atoms with van der Waals surface area (Å²) in [5, 5.41) is 56.1. The van der Waals surface area contributed by atoms with E-state index in [4.69, 9.17) is 18.9 Å². The molecule has 0 saturated carbocycles. The number of nitrogens with one attached hydrogen (secondary N) is 1. The van der Waals surface area contributed by atoms with Crippen LogP contribution in [0.1, 0.15) is 103 Å². The third-order valence-corrected chi connectivity index (χ3v) is 10.0. The molecule has 2 fully saturated rings. The summed E-state index contributed by atoms with van der Waals surface area (Å²) in [4.78, 5) is 63.1. The number of aliphatic hydroxyl groups is 2. The fourth-order valence-corrected chi connectivity index (χ4v) is 7.26. The van der Waals surface area contributed by atoms with Gasteiger partial charge in [0.2, 0.25) is 17.5 Å². The smallest absolute Gasteiger partial charge is 0.407 e. The zero-order chi connectivity index (χ0) is 39.4. The molecule has 0 spiro atoms. The van der Waals surface area contributed by atoms with Crippen LogP contribution in [0.3, 0.4) is 0 Å². The largest absolute Gasteiger partial charge is 0.479 e. The number of ether oxygens (including phenoxy) is 4. The van der Waals surface area contributed by atoms with Crippen LogP contribution in [0.25, 0.3) is 0 Å². The third-order valence-electron chi connectivity index (χ3n) is 10.0. The summed E-state index contributed by atoms with van der Waals surface area (Å²) in [6.45, 7) is 9.30. The molecule has 0 aromatic heterocycles. The van der Waals surface area contributed by atoms with Crippen LogP contribution in [0.4, 0.5) is 4.79 Å². The molecule has 0 radical (unpaired) electrons. The van der Waals surface area contributed by atoms with Crippen molar-refractivity contribution >= 4 is 30.0 Å². The van der Waals surface area contributed by atoms with Crippen molar-refractivity contribution < 1.29 is 68.5 Å². The van der Waals surface area contributed by atoms with E-state index in [1.54, 1.807) is 0 Å². The van der Waals surface area contributed by atoms with Crippen LogP contribution in [-0.2, 0) is 44.5 Å². The second-order valence-electron chi connectivity index (χ2n) is 14.1. The molecule has 1 amide bonds. The first-order chi connectivity index (χ1) is 25.1. The molecule has 15 nitrogen and oxygen atoms in total. The molecule has 8 atom stereocenters. The first kappa shape index (κ1) is 43.4. The lowest BCUT2D eigenvalue weighted by molar-refractivity contribution is -0.373. The Kier molecular flexibility index (Phi) is 15.8. The van der Waals surface area contributed by atoms with Crippen molar-refractivity contribution in [1.82, 2.24) is 5.32 Å². The van der Waals surface area contributed by atoms with E-state index in [-0.39, 0.29) is 24.5 Å². The highest BCUT2D eigenvalue weighted by Crippen LogP contribution is 2.55. The van der Waals surface area contributed by atoms with Crippen LogP contribution < -0.4 is 5.32 Å². The van der Waals surface area contributed by atoms with Gasteiger partial charge in [0, 0.05) is 25.8 Å². The van der Waals surface area contributed by atoms with Gasteiger partial charge in [-0.25, -0.2) is 19.2 Å². The van der Waals surface area contributed by atoms with Gasteiger partial charge in [0.1, 0.15) is 12.2 Å². The highest BCUT2D eigenvalue weighted by Gasteiger charge is 2.86. The van der Waals surface area contributed by atoms with E-state index >= 15 is 0 Å². The van der Waals surface area contributed by atoms with Gasteiger partial charge in [0.25, 0.3) is 5.60 Å². The number of rotatable bonds is 23. The highest BCUT2D eigenvalue weighted by molar-refractivity contribution is 5.98. The average Bonchev–Trinajstić information content (AvgIpc) is 3.32. The molecule has 1 aromatic carbocycles. The molecular weight excluding hydrogens is 694 g/mol. The van der Waals surface area contributed by atoms with Gasteiger partial charge in [-0.2, -0.15) is 0 Å². The molecule has 2 saturated heterocycles. The van der Waals surface area contributed by atoms with Gasteiger partial charge in [0.15, 0.2) is 6.10 Å².